The quantitative estimate of drug-likeness (QED) is 0.594. The molecule has 1 unspecified atom stereocenters. The number of carbonyl (C=O) groups excluding carboxylic acids is 3. The van der Waals surface area contributed by atoms with Crippen molar-refractivity contribution in [2.24, 2.45) is 5.92 Å². The Labute approximate surface area is 190 Å². The summed E-state index contributed by atoms with van der Waals surface area (Å²) in [6, 6.07) is 4.10. The number of hydrogen-bond acceptors (Lipinski definition) is 5. The molecule has 0 radical (unpaired) electrons. The predicted octanol–water partition coefficient (Wildman–Crippen LogP) is 2.96. The van der Waals surface area contributed by atoms with Crippen molar-refractivity contribution in [3.05, 3.63) is 29.8 Å². The molecule has 1 heterocycles. The lowest BCUT2D eigenvalue weighted by Gasteiger charge is -2.32. The van der Waals surface area contributed by atoms with Crippen LogP contribution >= 0.6 is 0 Å². The number of nitrogens with zero attached hydrogens (tertiary/aromatic N) is 1. The molecule has 3 amide bonds. The molecule has 0 bridgehead atoms. The molecule has 184 valence electrons. The lowest BCUT2D eigenvalue weighted by Crippen LogP contribution is -2.47. The van der Waals surface area contributed by atoms with E-state index in [1.807, 2.05) is 0 Å². The van der Waals surface area contributed by atoms with Crippen molar-refractivity contribution in [2.45, 2.75) is 45.4 Å². The number of halogens is 3. The molecule has 0 spiro atoms. The number of hydrogen-bond donors (Lipinski definition) is 2. The summed E-state index contributed by atoms with van der Waals surface area (Å²) in [5.41, 5.74) is -1.41. The van der Waals surface area contributed by atoms with E-state index in [9.17, 15) is 27.6 Å². The van der Waals surface area contributed by atoms with Gasteiger partial charge in [-0.05, 0) is 57.9 Å². The Bertz CT molecular complexity index is 822. The molecule has 1 atom stereocenters. The molecule has 0 aliphatic carbocycles. The van der Waals surface area contributed by atoms with E-state index < -0.39 is 29.4 Å². The second-order valence-corrected chi connectivity index (χ2v) is 8.71. The van der Waals surface area contributed by atoms with Crippen LogP contribution in [0.1, 0.15) is 39.2 Å². The number of nitrogens with one attached hydrogen (secondary N) is 2. The predicted molar refractivity (Wildman–Crippen MR) is 113 cm³/mol. The highest BCUT2D eigenvalue weighted by Crippen LogP contribution is 2.30. The molecule has 0 saturated carbocycles. The van der Waals surface area contributed by atoms with Gasteiger partial charge < -0.3 is 25.0 Å². The average Bonchev–Trinajstić information content (AvgIpc) is 2.73. The van der Waals surface area contributed by atoms with E-state index in [0.717, 1.165) is 24.3 Å². The first-order chi connectivity index (χ1) is 15.3. The van der Waals surface area contributed by atoms with Crippen molar-refractivity contribution in [3.63, 3.8) is 0 Å². The summed E-state index contributed by atoms with van der Waals surface area (Å²) in [6.07, 6.45) is -3.75. The van der Waals surface area contributed by atoms with Gasteiger partial charge in [0.25, 0.3) is 5.91 Å². The van der Waals surface area contributed by atoms with E-state index in [1.165, 1.54) is 4.90 Å². The van der Waals surface area contributed by atoms with Crippen LogP contribution in [0.25, 0.3) is 0 Å². The molecule has 2 N–H and O–H groups in total. The third-order valence-electron chi connectivity index (χ3n) is 4.78. The van der Waals surface area contributed by atoms with Gasteiger partial charge in [-0.2, -0.15) is 13.2 Å². The molecule has 1 saturated heterocycles. The summed E-state index contributed by atoms with van der Waals surface area (Å²) in [7, 11) is 0. The molecule has 2 rings (SSSR count). The Morgan fingerprint density at radius 2 is 1.70 bits per heavy atom. The van der Waals surface area contributed by atoms with Crippen molar-refractivity contribution in [1.82, 2.24) is 15.5 Å². The number of rotatable bonds is 7. The van der Waals surface area contributed by atoms with E-state index >= 15 is 0 Å². The highest BCUT2D eigenvalue weighted by Gasteiger charge is 2.30. The van der Waals surface area contributed by atoms with Crippen LogP contribution < -0.4 is 15.4 Å². The van der Waals surface area contributed by atoms with Crippen LogP contribution in [0.15, 0.2) is 24.3 Å². The first-order valence-corrected chi connectivity index (χ1v) is 10.7. The van der Waals surface area contributed by atoms with Crippen molar-refractivity contribution >= 4 is 17.9 Å². The molecule has 0 aromatic heterocycles. The molecule has 11 heteroatoms. The van der Waals surface area contributed by atoms with Gasteiger partial charge in [0.05, 0.1) is 11.5 Å². The fraction of sp³-hybridized carbons (Fsp3) is 0.591. The maximum absolute atomic E-state index is 12.6. The molecule has 33 heavy (non-hydrogen) atoms. The fourth-order valence-corrected chi connectivity index (χ4v) is 3.20. The highest BCUT2D eigenvalue weighted by molar-refractivity contribution is 5.82. The number of piperidine rings is 1. The van der Waals surface area contributed by atoms with Gasteiger partial charge >= 0.3 is 12.3 Å². The van der Waals surface area contributed by atoms with Crippen LogP contribution in [-0.4, -0.2) is 61.2 Å². The number of amides is 3. The summed E-state index contributed by atoms with van der Waals surface area (Å²) in [4.78, 5) is 38.0. The largest absolute Gasteiger partial charge is 0.484 e. The Morgan fingerprint density at radius 3 is 2.30 bits per heavy atom. The SMILES string of the molecule is CC(C)(C)OC(=O)NCCNC(=O)C1CCCN(C(=O)COc2ccc(C(F)(F)F)cc2)C1. The van der Waals surface area contributed by atoms with Gasteiger partial charge in [-0.25, -0.2) is 4.79 Å². The topological polar surface area (TPSA) is 97.0 Å². The molecule has 1 aliphatic rings. The van der Waals surface area contributed by atoms with E-state index in [-0.39, 0.29) is 43.8 Å². The van der Waals surface area contributed by atoms with Crippen LogP contribution in [0.4, 0.5) is 18.0 Å². The van der Waals surface area contributed by atoms with E-state index in [4.69, 9.17) is 9.47 Å². The number of alkyl carbamates (subject to hydrolysis) is 1. The number of likely N-dealkylation sites (tertiary alicyclic amines) is 1. The van der Waals surface area contributed by atoms with Crippen molar-refractivity contribution < 1.29 is 37.0 Å². The number of carbonyl (C=O) groups is 3. The molecular weight excluding hydrogens is 443 g/mol. The van der Waals surface area contributed by atoms with Crippen molar-refractivity contribution in [2.75, 3.05) is 32.8 Å². The van der Waals surface area contributed by atoms with Crippen LogP contribution in [0.2, 0.25) is 0 Å². The third kappa shape index (κ3) is 9.19. The summed E-state index contributed by atoms with van der Waals surface area (Å²) < 4.78 is 48.3. The van der Waals surface area contributed by atoms with E-state index in [2.05, 4.69) is 10.6 Å². The molecular formula is C22H30F3N3O5. The summed E-state index contributed by atoms with van der Waals surface area (Å²) in [6.45, 7) is 6.03. The molecule has 1 aliphatic heterocycles. The molecule has 1 fully saturated rings. The first-order valence-electron chi connectivity index (χ1n) is 10.7. The summed E-state index contributed by atoms with van der Waals surface area (Å²) >= 11 is 0. The minimum Gasteiger partial charge on any atom is -0.484 e. The lowest BCUT2D eigenvalue weighted by molar-refractivity contribution is -0.139. The third-order valence-corrected chi connectivity index (χ3v) is 4.78. The smallest absolute Gasteiger partial charge is 0.416 e. The Morgan fingerprint density at radius 1 is 1.06 bits per heavy atom. The van der Waals surface area contributed by atoms with Crippen molar-refractivity contribution in [3.8, 4) is 5.75 Å². The van der Waals surface area contributed by atoms with Crippen LogP contribution in [0.3, 0.4) is 0 Å². The standard InChI is InChI=1S/C22H30F3N3O5/c1-21(2,3)33-20(31)27-11-10-26-19(30)15-5-4-12-28(13-15)18(29)14-32-17-8-6-16(7-9-17)22(23,24)25/h6-9,15H,4-5,10-14H2,1-3H3,(H,26,30)(H,27,31). The van der Waals surface area contributed by atoms with Crippen LogP contribution in [0, 0.1) is 5.92 Å². The van der Waals surface area contributed by atoms with E-state index in [1.54, 1.807) is 20.8 Å². The van der Waals surface area contributed by atoms with Crippen LogP contribution in [0.5, 0.6) is 5.75 Å². The van der Waals surface area contributed by atoms with E-state index in [0.29, 0.717) is 19.4 Å². The molecule has 1 aromatic rings. The lowest BCUT2D eigenvalue weighted by atomic mass is 9.97. The Hall–Kier alpha value is -2.98. The average molecular weight is 473 g/mol. The monoisotopic (exact) mass is 473 g/mol. The maximum Gasteiger partial charge on any atom is 0.416 e. The molecule has 1 aromatic carbocycles. The van der Waals surface area contributed by atoms with Gasteiger partial charge in [0.15, 0.2) is 6.61 Å². The second kappa shape index (κ2) is 11.2. The highest BCUT2D eigenvalue weighted by atomic mass is 19.4. The number of benzene rings is 1. The van der Waals surface area contributed by atoms with Gasteiger partial charge in [-0.3, -0.25) is 9.59 Å². The Balaban J connectivity index is 1.73. The zero-order valence-electron chi connectivity index (χ0n) is 19.0. The minimum atomic E-state index is -4.44. The maximum atomic E-state index is 12.6. The van der Waals surface area contributed by atoms with Gasteiger partial charge in [-0.1, -0.05) is 0 Å². The second-order valence-electron chi connectivity index (χ2n) is 8.71. The van der Waals surface area contributed by atoms with Gasteiger partial charge in [-0.15, -0.1) is 0 Å². The summed E-state index contributed by atoms with van der Waals surface area (Å²) in [5, 5.41) is 5.28. The Kier molecular flexibility index (Phi) is 8.95. The normalized spacial score (nSPS) is 16.7. The minimum absolute atomic E-state index is 0.153. The van der Waals surface area contributed by atoms with Crippen molar-refractivity contribution in [1.29, 1.82) is 0 Å². The zero-order valence-corrected chi connectivity index (χ0v) is 19.0. The van der Waals surface area contributed by atoms with Gasteiger partial charge in [0.2, 0.25) is 5.91 Å². The van der Waals surface area contributed by atoms with Gasteiger partial charge in [0.1, 0.15) is 11.4 Å². The zero-order chi connectivity index (χ0) is 24.6. The number of alkyl halides is 3. The summed E-state index contributed by atoms with van der Waals surface area (Å²) in [5.74, 6) is -0.809. The fourth-order valence-electron chi connectivity index (χ4n) is 3.20. The number of ether oxygens (including phenoxy) is 2. The first kappa shape index (κ1) is 26.3. The molecule has 8 nitrogen and oxygen atoms in total. The van der Waals surface area contributed by atoms with Gasteiger partial charge in [0, 0.05) is 26.2 Å². The van der Waals surface area contributed by atoms with Crippen LogP contribution in [-0.2, 0) is 20.5 Å².